The van der Waals surface area contributed by atoms with Crippen LogP contribution in [0.25, 0.3) is 0 Å². The number of rotatable bonds is 6. The predicted molar refractivity (Wildman–Crippen MR) is 94.4 cm³/mol. The highest BCUT2D eigenvalue weighted by Crippen LogP contribution is 2.41. The Kier molecular flexibility index (Phi) is 6.12. The Morgan fingerprint density at radius 3 is 2.67 bits per heavy atom. The molecule has 0 bridgehead atoms. The number of aliphatic carboxylic acids is 1. The van der Waals surface area contributed by atoms with Crippen molar-refractivity contribution in [2.24, 2.45) is 0 Å². The number of carboxylic acids is 1. The molecule has 2 N–H and O–H groups in total. The van der Waals surface area contributed by atoms with Crippen molar-refractivity contribution in [2.75, 3.05) is 10.2 Å². The van der Waals surface area contributed by atoms with E-state index in [1.807, 2.05) is 22.6 Å². The Hall–Kier alpha value is -1.30. The predicted octanol–water partition coefficient (Wildman–Crippen LogP) is 0.502. The highest BCUT2D eigenvalue weighted by molar-refractivity contribution is 14.1. The second-order valence-electron chi connectivity index (χ2n) is 5.27. The molecule has 1 saturated heterocycles. The molecule has 0 aliphatic carbocycles. The summed E-state index contributed by atoms with van der Waals surface area (Å²) in [5, 5.41) is 11.7. The average Bonchev–Trinajstić information content (AvgIpc) is 2.55. The molecule has 1 fully saturated rings. The summed E-state index contributed by atoms with van der Waals surface area (Å²) in [4.78, 5) is 48.0. The van der Waals surface area contributed by atoms with E-state index >= 15 is 0 Å². The van der Waals surface area contributed by atoms with Crippen LogP contribution >= 0.6 is 34.4 Å². The topological polar surface area (TPSA) is 113 Å². The van der Waals surface area contributed by atoms with Gasteiger partial charge in [-0.1, -0.05) is 29.5 Å². The van der Waals surface area contributed by atoms with Crippen LogP contribution in [0.1, 0.15) is 20.3 Å². The molecule has 0 aromatic heterocycles. The minimum Gasteiger partial charge on any atom is -0.477 e. The molecule has 2 aliphatic rings. The molecule has 132 valence electrons. The van der Waals surface area contributed by atoms with Gasteiger partial charge in [0.2, 0.25) is 5.91 Å². The molecule has 2 amide bonds. The van der Waals surface area contributed by atoms with Crippen molar-refractivity contribution in [3.05, 3.63) is 11.3 Å². The lowest BCUT2D eigenvalue weighted by atomic mass is 9.99. The van der Waals surface area contributed by atoms with Gasteiger partial charge in [-0.05, 0) is 6.42 Å². The van der Waals surface area contributed by atoms with E-state index in [0.29, 0.717) is 17.7 Å². The Morgan fingerprint density at radius 2 is 2.17 bits per heavy atom. The van der Waals surface area contributed by atoms with Crippen molar-refractivity contribution in [3.63, 3.8) is 0 Å². The first-order chi connectivity index (χ1) is 11.3. The molecule has 2 aliphatic heterocycles. The van der Waals surface area contributed by atoms with Crippen LogP contribution in [-0.2, 0) is 23.9 Å². The summed E-state index contributed by atoms with van der Waals surface area (Å²) in [7, 11) is 0. The van der Waals surface area contributed by atoms with Crippen LogP contribution in [-0.4, -0.2) is 61.5 Å². The van der Waals surface area contributed by atoms with Crippen LogP contribution in [0, 0.1) is 0 Å². The summed E-state index contributed by atoms with van der Waals surface area (Å²) >= 11 is 3.24. The van der Waals surface area contributed by atoms with Gasteiger partial charge in [0.25, 0.3) is 5.91 Å². The number of hydrogen-bond donors (Lipinski definition) is 2. The minimum atomic E-state index is -1.24. The monoisotopic (exact) mass is 468 g/mol. The lowest BCUT2D eigenvalue weighted by molar-refractivity contribution is -0.151. The first-order valence-corrected chi connectivity index (χ1v) is 9.82. The number of alkyl halides is 1. The third kappa shape index (κ3) is 3.53. The standard InChI is InChI=1S/C14H17IN2O6S/c1-3-8(23-6(2)18)7-5-24-13-10(16-9(19)4-15)12(20)17(13)11(7)14(21)22/h8,10,13H,3-5H2,1-2H3,(H,16,19)(H,21,22)/t8?,10?,13-/m1/s1. The number of fused-ring (bicyclic) bond motifs is 1. The van der Waals surface area contributed by atoms with Crippen molar-refractivity contribution in [3.8, 4) is 0 Å². The number of amides is 2. The largest absolute Gasteiger partial charge is 0.477 e. The van der Waals surface area contributed by atoms with Gasteiger partial charge < -0.3 is 15.2 Å². The van der Waals surface area contributed by atoms with E-state index in [2.05, 4.69) is 5.32 Å². The number of hydrogen-bond acceptors (Lipinski definition) is 6. The Labute approximate surface area is 156 Å². The maximum atomic E-state index is 12.3. The fourth-order valence-corrected chi connectivity index (χ4v) is 4.33. The van der Waals surface area contributed by atoms with E-state index < -0.39 is 35.4 Å². The van der Waals surface area contributed by atoms with Crippen LogP contribution in [0.5, 0.6) is 0 Å². The minimum absolute atomic E-state index is 0.142. The van der Waals surface area contributed by atoms with Gasteiger partial charge >= 0.3 is 11.9 Å². The molecular formula is C14H17IN2O6S. The van der Waals surface area contributed by atoms with Crippen LogP contribution in [0.3, 0.4) is 0 Å². The van der Waals surface area contributed by atoms with Crippen LogP contribution in [0.15, 0.2) is 11.3 Å². The molecule has 0 radical (unpaired) electrons. The lowest BCUT2D eigenvalue weighted by Crippen LogP contribution is -2.71. The van der Waals surface area contributed by atoms with Crippen LogP contribution < -0.4 is 5.32 Å². The van der Waals surface area contributed by atoms with Gasteiger partial charge in [-0.3, -0.25) is 19.3 Å². The first kappa shape index (κ1) is 19.0. The van der Waals surface area contributed by atoms with E-state index in [4.69, 9.17) is 4.74 Å². The van der Waals surface area contributed by atoms with Gasteiger partial charge in [0.1, 0.15) is 23.2 Å². The normalized spacial score (nSPS) is 24.0. The smallest absolute Gasteiger partial charge is 0.352 e. The number of thioether (sulfide) groups is 1. The van der Waals surface area contributed by atoms with Crippen molar-refractivity contribution in [1.82, 2.24) is 10.2 Å². The number of halogens is 1. The summed E-state index contributed by atoms with van der Waals surface area (Å²) in [6.07, 6.45) is -0.272. The number of nitrogens with one attached hydrogen (secondary N) is 1. The van der Waals surface area contributed by atoms with Crippen molar-refractivity contribution in [1.29, 1.82) is 0 Å². The van der Waals surface area contributed by atoms with Crippen LogP contribution in [0.4, 0.5) is 0 Å². The fraction of sp³-hybridized carbons (Fsp3) is 0.571. The maximum Gasteiger partial charge on any atom is 0.352 e. The highest BCUT2D eigenvalue weighted by Gasteiger charge is 2.54. The summed E-state index contributed by atoms with van der Waals surface area (Å²) in [6, 6.07) is -0.720. The second kappa shape index (κ2) is 7.72. The molecular weight excluding hydrogens is 451 g/mol. The number of carbonyl (C=O) groups is 4. The van der Waals surface area contributed by atoms with E-state index in [0.717, 1.165) is 0 Å². The SMILES string of the molecule is CCC(OC(C)=O)C1=C(C(=O)O)N2C(=O)C(NC(=O)CI)[C@H]2SC1. The van der Waals surface area contributed by atoms with E-state index in [9.17, 15) is 24.3 Å². The number of carboxylic acid groups (broad SMARTS) is 1. The summed E-state index contributed by atoms with van der Waals surface area (Å²) in [5.74, 6) is -2.16. The molecule has 2 rings (SSSR count). The van der Waals surface area contributed by atoms with Crippen molar-refractivity contribution in [2.45, 2.75) is 37.8 Å². The summed E-state index contributed by atoms with van der Waals surface area (Å²) in [5.41, 5.74) is 0.269. The molecule has 8 nitrogen and oxygen atoms in total. The molecule has 24 heavy (non-hydrogen) atoms. The zero-order valence-corrected chi connectivity index (χ0v) is 16.0. The second-order valence-corrected chi connectivity index (χ2v) is 7.14. The molecule has 2 heterocycles. The van der Waals surface area contributed by atoms with Gasteiger partial charge in [-0.2, -0.15) is 0 Å². The zero-order valence-electron chi connectivity index (χ0n) is 13.1. The summed E-state index contributed by atoms with van der Waals surface area (Å²) in [6.45, 7) is 3.03. The third-order valence-electron chi connectivity index (χ3n) is 3.71. The molecule has 0 aromatic carbocycles. The van der Waals surface area contributed by atoms with Gasteiger partial charge in [0.15, 0.2) is 0 Å². The van der Waals surface area contributed by atoms with E-state index in [-0.39, 0.29) is 16.0 Å². The number of carbonyl (C=O) groups excluding carboxylic acids is 3. The lowest BCUT2D eigenvalue weighted by Gasteiger charge is -2.50. The van der Waals surface area contributed by atoms with Crippen molar-refractivity contribution < 1.29 is 29.0 Å². The zero-order chi connectivity index (χ0) is 18.0. The maximum absolute atomic E-state index is 12.3. The Balaban J connectivity index is 2.30. The molecule has 0 aromatic rings. The van der Waals surface area contributed by atoms with Gasteiger partial charge in [0, 0.05) is 18.2 Å². The first-order valence-electron chi connectivity index (χ1n) is 7.25. The van der Waals surface area contributed by atoms with Gasteiger partial charge in [0.05, 0.1) is 4.43 Å². The van der Waals surface area contributed by atoms with Gasteiger partial charge in [-0.15, -0.1) is 11.8 Å². The Morgan fingerprint density at radius 1 is 1.50 bits per heavy atom. The van der Waals surface area contributed by atoms with Crippen LogP contribution in [0.2, 0.25) is 0 Å². The third-order valence-corrected chi connectivity index (χ3v) is 5.70. The fourth-order valence-electron chi connectivity index (χ4n) is 2.70. The number of nitrogens with zero attached hydrogens (tertiary/aromatic N) is 1. The molecule has 2 unspecified atom stereocenters. The molecule has 0 spiro atoms. The summed E-state index contributed by atoms with van der Waals surface area (Å²) < 4.78 is 5.41. The van der Waals surface area contributed by atoms with Crippen molar-refractivity contribution >= 4 is 58.1 Å². The van der Waals surface area contributed by atoms with E-state index in [1.54, 1.807) is 6.92 Å². The average molecular weight is 468 g/mol. The molecule has 3 atom stereocenters. The molecule has 10 heteroatoms. The Bertz CT molecular complexity index is 622. The quantitative estimate of drug-likeness (QED) is 0.253. The molecule has 0 saturated carbocycles. The highest BCUT2D eigenvalue weighted by atomic mass is 127. The number of ether oxygens (including phenoxy) is 1. The number of β-lactam (4-membered cyclic amide) rings is 1. The number of esters is 1. The van der Waals surface area contributed by atoms with Gasteiger partial charge in [-0.25, -0.2) is 4.79 Å². The van der Waals surface area contributed by atoms with E-state index in [1.165, 1.54) is 23.6 Å².